The summed E-state index contributed by atoms with van der Waals surface area (Å²) >= 11 is 0. The lowest BCUT2D eigenvalue weighted by Crippen LogP contribution is -2.52. The fourth-order valence-electron chi connectivity index (χ4n) is 3.72. The number of benzene rings is 1. The Bertz CT molecular complexity index is 848. The fraction of sp³-hybridized carbons (Fsp3) is 0.619. The van der Waals surface area contributed by atoms with E-state index in [-0.39, 0.29) is 11.6 Å². The van der Waals surface area contributed by atoms with Gasteiger partial charge in [-0.05, 0) is 41.4 Å². The maximum Gasteiger partial charge on any atom is 0.411 e. The molecule has 30 heavy (non-hydrogen) atoms. The van der Waals surface area contributed by atoms with Gasteiger partial charge in [-0.25, -0.2) is 9.59 Å². The molecule has 0 radical (unpaired) electrons. The molecular weight excluding hydrogens is 406 g/mol. The molecule has 1 saturated heterocycles. The second kappa shape index (κ2) is 7.77. The molecule has 1 fully saturated rings. The van der Waals surface area contributed by atoms with Gasteiger partial charge < -0.3 is 23.4 Å². The van der Waals surface area contributed by atoms with E-state index in [1.165, 1.54) is 19.1 Å². The summed E-state index contributed by atoms with van der Waals surface area (Å²) in [7, 11) is 2.15. The third-order valence-corrected chi connectivity index (χ3v) is 10.9. The van der Waals surface area contributed by atoms with Gasteiger partial charge in [0.05, 0.1) is 33.5 Å². The summed E-state index contributed by atoms with van der Waals surface area (Å²) in [5, 5.41) is -0.0444. The smallest absolute Gasteiger partial charge is 0.411 e. The summed E-state index contributed by atoms with van der Waals surface area (Å²) < 4.78 is 28.1. The maximum absolute atomic E-state index is 12.7. The van der Waals surface area contributed by atoms with Crippen LogP contribution in [0.4, 0.5) is 4.79 Å². The minimum absolute atomic E-state index is 0.0444. The molecule has 9 heteroatoms. The van der Waals surface area contributed by atoms with Gasteiger partial charge in [-0.2, -0.15) is 0 Å². The molecule has 1 aromatic carbocycles. The Morgan fingerprint density at radius 1 is 1.10 bits per heavy atom. The first-order valence-electron chi connectivity index (χ1n) is 9.93. The molecule has 3 rings (SSSR count). The van der Waals surface area contributed by atoms with Crippen molar-refractivity contribution in [3.05, 3.63) is 23.3 Å². The molecule has 166 valence electrons. The second-order valence-electron chi connectivity index (χ2n) is 9.11. The minimum Gasteiger partial charge on any atom is -0.493 e. The summed E-state index contributed by atoms with van der Waals surface area (Å²) in [5.74, 6) is 0.447. The van der Waals surface area contributed by atoms with Gasteiger partial charge in [0.25, 0.3) is 0 Å². The van der Waals surface area contributed by atoms with Crippen molar-refractivity contribution in [1.82, 2.24) is 4.90 Å². The van der Waals surface area contributed by atoms with Crippen LogP contribution in [-0.4, -0.2) is 59.3 Å². The van der Waals surface area contributed by atoms with Crippen molar-refractivity contribution in [3.8, 4) is 11.5 Å². The van der Waals surface area contributed by atoms with Crippen LogP contribution in [0.5, 0.6) is 11.5 Å². The van der Waals surface area contributed by atoms with Gasteiger partial charge in [0, 0.05) is 0 Å². The monoisotopic (exact) mass is 437 g/mol. The van der Waals surface area contributed by atoms with E-state index < -0.39 is 38.6 Å². The van der Waals surface area contributed by atoms with Crippen LogP contribution in [0.1, 0.15) is 44.0 Å². The summed E-state index contributed by atoms with van der Waals surface area (Å²) in [6.07, 6.45) is -1.02. The molecule has 0 aromatic heterocycles. The first-order chi connectivity index (χ1) is 14.0. The maximum atomic E-state index is 12.7. The molecule has 0 spiro atoms. The lowest BCUT2D eigenvalue weighted by atomic mass is 9.86. The number of amides is 1. The van der Waals surface area contributed by atoms with Crippen LogP contribution in [0.25, 0.3) is 0 Å². The molecule has 2 heterocycles. The largest absolute Gasteiger partial charge is 0.493 e. The molecular formula is C21H31NO7Si. The van der Waals surface area contributed by atoms with E-state index in [2.05, 4.69) is 33.9 Å². The number of carbonyl (C=O) groups excluding carboxylic acids is 2. The van der Waals surface area contributed by atoms with Crippen LogP contribution >= 0.6 is 0 Å². The highest BCUT2D eigenvalue weighted by Gasteiger charge is 2.54. The Kier molecular flexibility index (Phi) is 5.81. The number of fused-ring (bicyclic) bond motifs is 2. The number of esters is 1. The number of cyclic esters (lactones) is 1. The molecule has 1 aromatic rings. The molecule has 3 atom stereocenters. The van der Waals surface area contributed by atoms with Crippen LogP contribution in [0, 0.1) is 0 Å². The Morgan fingerprint density at radius 3 is 2.17 bits per heavy atom. The topological polar surface area (TPSA) is 83.5 Å². The van der Waals surface area contributed by atoms with Gasteiger partial charge in [0.15, 0.2) is 25.9 Å². The molecule has 8 nitrogen and oxygen atoms in total. The van der Waals surface area contributed by atoms with Crippen molar-refractivity contribution in [3.63, 3.8) is 0 Å². The summed E-state index contributed by atoms with van der Waals surface area (Å²) in [4.78, 5) is 26.8. The zero-order valence-corrected chi connectivity index (χ0v) is 19.9. The molecule has 0 N–H and O–H groups in total. The van der Waals surface area contributed by atoms with Crippen LogP contribution < -0.4 is 9.47 Å². The van der Waals surface area contributed by atoms with Gasteiger partial charge in [0.1, 0.15) is 6.61 Å². The van der Waals surface area contributed by atoms with Crippen LogP contribution in [0.15, 0.2) is 12.1 Å². The standard InChI is InChI=1S/C21H31NO7Si/c1-21(2,3)30(7,8)29-18-13-10-16(26-5)15(25-4)9-12(13)17(19(23)27-6)22-14(18)11-28-20(22)24/h9-10,14,17-18H,11H2,1-8H3/t14-,17+,18+/m1/s1. The number of ether oxygens (including phenoxy) is 4. The Labute approximate surface area is 178 Å². The lowest BCUT2D eigenvalue weighted by Gasteiger charge is -2.46. The predicted molar refractivity (Wildman–Crippen MR) is 112 cm³/mol. The molecule has 0 unspecified atom stereocenters. The average molecular weight is 438 g/mol. The average Bonchev–Trinajstić information content (AvgIpc) is 3.06. The number of hydrogen-bond acceptors (Lipinski definition) is 7. The van der Waals surface area contributed by atoms with E-state index in [1.54, 1.807) is 13.2 Å². The zero-order chi connectivity index (χ0) is 22.4. The van der Waals surface area contributed by atoms with E-state index in [9.17, 15) is 9.59 Å². The van der Waals surface area contributed by atoms with Gasteiger partial charge >= 0.3 is 12.1 Å². The van der Waals surface area contributed by atoms with Crippen molar-refractivity contribution in [2.24, 2.45) is 0 Å². The van der Waals surface area contributed by atoms with E-state index in [1.807, 2.05) is 6.07 Å². The van der Waals surface area contributed by atoms with E-state index in [0.29, 0.717) is 17.1 Å². The normalized spacial score (nSPS) is 23.4. The molecule has 2 aliphatic heterocycles. The van der Waals surface area contributed by atoms with Crippen molar-refractivity contribution in [1.29, 1.82) is 0 Å². The molecule has 0 bridgehead atoms. The second-order valence-corrected chi connectivity index (χ2v) is 13.9. The molecule has 1 amide bonds. The number of carbonyl (C=O) groups is 2. The van der Waals surface area contributed by atoms with Gasteiger partial charge in [-0.3, -0.25) is 4.90 Å². The Balaban J connectivity index is 2.23. The summed E-state index contributed by atoms with van der Waals surface area (Å²) in [5.41, 5.74) is 1.38. The number of rotatable bonds is 5. The SMILES string of the molecule is COC(=O)[C@@H]1c2cc(OC)c(OC)cc2[C@H](O[Si](C)(C)C(C)(C)C)[C@H]2COC(=O)N12. The van der Waals surface area contributed by atoms with Crippen molar-refractivity contribution in [2.75, 3.05) is 27.9 Å². The van der Waals surface area contributed by atoms with Crippen LogP contribution in [0.2, 0.25) is 18.1 Å². The van der Waals surface area contributed by atoms with E-state index in [4.69, 9.17) is 23.4 Å². The highest BCUT2D eigenvalue weighted by atomic mass is 28.4. The van der Waals surface area contributed by atoms with Crippen molar-refractivity contribution < 1.29 is 33.0 Å². The number of hydrogen-bond donors (Lipinski definition) is 0. The Morgan fingerprint density at radius 2 is 1.67 bits per heavy atom. The zero-order valence-electron chi connectivity index (χ0n) is 18.9. The van der Waals surface area contributed by atoms with Gasteiger partial charge in [-0.15, -0.1) is 0 Å². The number of methoxy groups -OCH3 is 3. The number of nitrogens with zero attached hydrogens (tertiary/aromatic N) is 1. The fourth-order valence-corrected chi connectivity index (χ4v) is 4.99. The molecule has 0 saturated carbocycles. The third-order valence-electron chi connectivity index (χ3n) is 6.42. The van der Waals surface area contributed by atoms with Crippen molar-refractivity contribution >= 4 is 20.4 Å². The van der Waals surface area contributed by atoms with E-state index in [0.717, 1.165) is 5.56 Å². The molecule has 2 aliphatic rings. The lowest BCUT2D eigenvalue weighted by molar-refractivity contribution is -0.148. The van der Waals surface area contributed by atoms with E-state index >= 15 is 0 Å². The Hall–Kier alpha value is -2.26. The summed E-state index contributed by atoms with van der Waals surface area (Å²) in [6, 6.07) is 2.17. The summed E-state index contributed by atoms with van der Waals surface area (Å²) in [6.45, 7) is 10.9. The van der Waals surface area contributed by atoms with Crippen LogP contribution in [0.3, 0.4) is 0 Å². The highest BCUT2D eigenvalue weighted by molar-refractivity contribution is 6.74. The van der Waals surface area contributed by atoms with Gasteiger partial charge in [0.2, 0.25) is 0 Å². The third kappa shape index (κ3) is 3.54. The highest BCUT2D eigenvalue weighted by Crippen LogP contribution is 2.50. The predicted octanol–water partition coefficient (Wildman–Crippen LogP) is 3.82. The first-order valence-corrected chi connectivity index (χ1v) is 12.8. The minimum atomic E-state index is -2.23. The van der Waals surface area contributed by atoms with Crippen LogP contribution in [-0.2, 0) is 18.7 Å². The quantitative estimate of drug-likeness (QED) is 0.511. The first kappa shape index (κ1) is 22.4. The van der Waals surface area contributed by atoms with Crippen molar-refractivity contribution in [2.45, 2.75) is 57.1 Å². The molecule has 0 aliphatic carbocycles. The van der Waals surface area contributed by atoms with Gasteiger partial charge in [-0.1, -0.05) is 20.8 Å².